The predicted octanol–water partition coefficient (Wildman–Crippen LogP) is 4.25. The van der Waals surface area contributed by atoms with Crippen LogP contribution in [0, 0.1) is 5.82 Å². The molecule has 10 heteroatoms. The molecule has 0 atom stereocenters. The maximum atomic E-state index is 13.5. The van der Waals surface area contributed by atoms with Crippen LogP contribution >= 0.6 is 22.9 Å². The van der Waals surface area contributed by atoms with Crippen LogP contribution in [0.3, 0.4) is 0 Å². The molecule has 0 bridgehead atoms. The van der Waals surface area contributed by atoms with Crippen molar-refractivity contribution in [2.24, 2.45) is 0 Å². The first kappa shape index (κ1) is 23.6. The molecule has 0 aliphatic carbocycles. The van der Waals surface area contributed by atoms with Gasteiger partial charge < -0.3 is 19.9 Å². The molecular formula is C23H25ClFN5O2S. The summed E-state index contributed by atoms with van der Waals surface area (Å²) in [5, 5.41) is 4.23. The zero-order valence-corrected chi connectivity index (χ0v) is 20.0. The molecular weight excluding hydrogens is 465 g/mol. The number of nitrogens with zero attached hydrogens (tertiary/aromatic N) is 4. The summed E-state index contributed by atoms with van der Waals surface area (Å²) in [5.74, 6) is 0.186. The van der Waals surface area contributed by atoms with Gasteiger partial charge in [0.2, 0.25) is 5.91 Å². The summed E-state index contributed by atoms with van der Waals surface area (Å²) in [6.07, 6.45) is 5.75. The fourth-order valence-electron chi connectivity index (χ4n) is 3.70. The van der Waals surface area contributed by atoms with Crippen molar-refractivity contribution in [3.8, 4) is 0 Å². The van der Waals surface area contributed by atoms with Gasteiger partial charge in [-0.1, -0.05) is 17.7 Å². The van der Waals surface area contributed by atoms with Gasteiger partial charge in [-0.25, -0.2) is 14.4 Å². The van der Waals surface area contributed by atoms with E-state index in [2.05, 4.69) is 20.2 Å². The summed E-state index contributed by atoms with van der Waals surface area (Å²) in [4.78, 5) is 27.5. The Morgan fingerprint density at radius 2 is 2.27 bits per heavy atom. The van der Waals surface area contributed by atoms with Gasteiger partial charge in [-0.2, -0.15) is 0 Å². The monoisotopic (exact) mass is 489 g/mol. The fraction of sp³-hybridized carbons (Fsp3) is 0.348. The number of carbonyl (C=O) groups is 1. The van der Waals surface area contributed by atoms with Gasteiger partial charge >= 0.3 is 0 Å². The number of likely N-dealkylation sites (N-methyl/N-ethyl adjacent to an activating group) is 1. The van der Waals surface area contributed by atoms with Crippen LogP contribution in [-0.4, -0.2) is 66.1 Å². The van der Waals surface area contributed by atoms with E-state index in [1.54, 1.807) is 30.6 Å². The minimum absolute atomic E-state index is 0.00337. The van der Waals surface area contributed by atoms with Crippen molar-refractivity contribution in [3.05, 3.63) is 58.0 Å². The van der Waals surface area contributed by atoms with Crippen LogP contribution in [0.25, 0.3) is 10.2 Å². The SMILES string of the molecule is COCCN(C)C/C=C/C(=O)N1CCc2c(sc3ncnc(Nc4ccc(F)c(Cl)c4)c23)C1. The number of aromatic nitrogens is 2. The van der Waals surface area contributed by atoms with E-state index in [1.165, 1.54) is 18.5 Å². The van der Waals surface area contributed by atoms with E-state index in [9.17, 15) is 9.18 Å². The highest BCUT2D eigenvalue weighted by Gasteiger charge is 2.25. The van der Waals surface area contributed by atoms with Crippen LogP contribution < -0.4 is 5.32 Å². The molecule has 0 radical (unpaired) electrons. The van der Waals surface area contributed by atoms with Gasteiger partial charge in [-0.05, 0) is 37.2 Å². The number of hydrogen-bond acceptors (Lipinski definition) is 7. The van der Waals surface area contributed by atoms with Crippen molar-refractivity contribution < 1.29 is 13.9 Å². The summed E-state index contributed by atoms with van der Waals surface area (Å²) in [5.41, 5.74) is 1.80. The number of methoxy groups -OCH3 is 1. The number of halogens is 2. The molecule has 1 N–H and O–H groups in total. The number of nitrogens with one attached hydrogen (secondary N) is 1. The molecule has 3 aromatic rings. The van der Waals surface area contributed by atoms with E-state index in [0.29, 0.717) is 37.7 Å². The lowest BCUT2D eigenvalue weighted by atomic mass is 10.0. The minimum Gasteiger partial charge on any atom is -0.383 e. The Labute approximate surface area is 200 Å². The molecule has 0 fully saturated rings. The number of benzene rings is 1. The number of thiophene rings is 1. The average molecular weight is 490 g/mol. The highest BCUT2D eigenvalue weighted by atomic mass is 35.5. The molecule has 33 heavy (non-hydrogen) atoms. The lowest BCUT2D eigenvalue weighted by Crippen LogP contribution is -2.34. The van der Waals surface area contributed by atoms with Gasteiger partial charge in [0.25, 0.3) is 0 Å². The van der Waals surface area contributed by atoms with Crippen molar-refractivity contribution >= 4 is 50.6 Å². The summed E-state index contributed by atoms with van der Waals surface area (Å²) in [7, 11) is 3.67. The number of amides is 1. The van der Waals surface area contributed by atoms with Crippen LogP contribution in [0.5, 0.6) is 0 Å². The Bertz CT molecular complexity index is 1190. The first-order valence-corrected chi connectivity index (χ1v) is 11.8. The Kier molecular flexibility index (Phi) is 7.54. The van der Waals surface area contributed by atoms with Gasteiger partial charge in [0.1, 0.15) is 22.8 Å². The van der Waals surface area contributed by atoms with Gasteiger partial charge in [0.15, 0.2) is 0 Å². The van der Waals surface area contributed by atoms with Gasteiger partial charge in [-0.3, -0.25) is 4.79 Å². The Morgan fingerprint density at radius 3 is 3.06 bits per heavy atom. The number of hydrogen-bond donors (Lipinski definition) is 1. The average Bonchev–Trinajstić information content (AvgIpc) is 3.18. The molecule has 0 saturated carbocycles. The van der Waals surface area contributed by atoms with E-state index >= 15 is 0 Å². The second kappa shape index (κ2) is 10.6. The van der Waals surface area contributed by atoms with Crippen molar-refractivity contribution in [2.45, 2.75) is 13.0 Å². The van der Waals surface area contributed by atoms with Gasteiger partial charge in [0.05, 0.1) is 23.6 Å². The lowest BCUT2D eigenvalue weighted by Gasteiger charge is -2.26. The third kappa shape index (κ3) is 5.50. The third-order valence-corrected chi connectivity index (χ3v) is 6.90. The number of fused-ring (bicyclic) bond motifs is 3. The quantitative estimate of drug-likeness (QED) is 0.477. The second-order valence-corrected chi connectivity index (χ2v) is 9.32. The van der Waals surface area contributed by atoms with E-state index in [1.807, 2.05) is 18.0 Å². The normalized spacial score (nSPS) is 13.8. The van der Waals surface area contributed by atoms with E-state index in [0.717, 1.165) is 33.6 Å². The van der Waals surface area contributed by atoms with Crippen molar-refractivity contribution in [2.75, 3.05) is 45.7 Å². The first-order valence-electron chi connectivity index (χ1n) is 10.6. The van der Waals surface area contributed by atoms with Crippen LogP contribution in [0.4, 0.5) is 15.9 Å². The number of ether oxygens (including phenoxy) is 1. The van der Waals surface area contributed by atoms with Crippen molar-refractivity contribution in [1.29, 1.82) is 0 Å². The maximum Gasteiger partial charge on any atom is 0.246 e. The first-order chi connectivity index (χ1) is 16.0. The molecule has 1 aliphatic heterocycles. The molecule has 4 rings (SSSR count). The molecule has 7 nitrogen and oxygen atoms in total. The molecule has 174 valence electrons. The Balaban J connectivity index is 1.48. The zero-order chi connectivity index (χ0) is 23.4. The predicted molar refractivity (Wildman–Crippen MR) is 130 cm³/mol. The molecule has 0 unspecified atom stereocenters. The number of rotatable bonds is 8. The third-order valence-electron chi connectivity index (χ3n) is 5.49. The largest absolute Gasteiger partial charge is 0.383 e. The Hall–Kier alpha value is -2.59. The van der Waals surface area contributed by atoms with Gasteiger partial charge in [0, 0.05) is 43.4 Å². The lowest BCUT2D eigenvalue weighted by molar-refractivity contribution is -0.126. The highest BCUT2D eigenvalue weighted by molar-refractivity contribution is 7.19. The zero-order valence-electron chi connectivity index (χ0n) is 18.5. The topological polar surface area (TPSA) is 70.6 Å². The maximum absolute atomic E-state index is 13.5. The van der Waals surface area contributed by atoms with Crippen LogP contribution in [0.1, 0.15) is 10.4 Å². The summed E-state index contributed by atoms with van der Waals surface area (Å²) in [6, 6.07) is 4.47. The molecule has 1 aromatic carbocycles. The summed E-state index contributed by atoms with van der Waals surface area (Å²) >= 11 is 7.49. The van der Waals surface area contributed by atoms with E-state index in [4.69, 9.17) is 16.3 Å². The highest BCUT2D eigenvalue weighted by Crippen LogP contribution is 2.38. The smallest absolute Gasteiger partial charge is 0.246 e. The molecule has 0 spiro atoms. The summed E-state index contributed by atoms with van der Waals surface area (Å²) in [6.45, 7) is 3.33. The Morgan fingerprint density at radius 1 is 1.42 bits per heavy atom. The molecule has 1 amide bonds. The second-order valence-electron chi connectivity index (χ2n) is 7.83. The standard InChI is InChI=1S/C23H25ClFN5O2S/c1-29(10-11-32-2)8-3-4-20(31)30-9-7-16-19(13-30)33-23-21(16)22(26-14-27-23)28-15-5-6-18(25)17(24)12-15/h3-6,12,14H,7-11,13H2,1-2H3,(H,26,27,28)/b4-3+. The number of carbonyl (C=O) groups excluding carboxylic acids is 1. The molecule has 3 heterocycles. The minimum atomic E-state index is -0.469. The van der Waals surface area contributed by atoms with E-state index < -0.39 is 5.82 Å². The van der Waals surface area contributed by atoms with E-state index in [-0.39, 0.29) is 10.9 Å². The summed E-state index contributed by atoms with van der Waals surface area (Å²) < 4.78 is 18.6. The molecule has 2 aromatic heterocycles. The number of anilines is 2. The molecule has 1 aliphatic rings. The van der Waals surface area contributed by atoms with Crippen LogP contribution in [0.2, 0.25) is 5.02 Å². The van der Waals surface area contributed by atoms with Crippen molar-refractivity contribution in [1.82, 2.24) is 19.8 Å². The van der Waals surface area contributed by atoms with Crippen LogP contribution in [-0.2, 0) is 22.5 Å². The molecule has 0 saturated heterocycles. The van der Waals surface area contributed by atoms with Crippen LogP contribution in [0.15, 0.2) is 36.7 Å². The van der Waals surface area contributed by atoms with Gasteiger partial charge in [-0.15, -0.1) is 11.3 Å². The van der Waals surface area contributed by atoms with Crippen molar-refractivity contribution in [3.63, 3.8) is 0 Å². The fourth-order valence-corrected chi connectivity index (χ4v) is 5.08.